The van der Waals surface area contributed by atoms with Crippen molar-refractivity contribution in [2.24, 2.45) is 11.5 Å². The Hall–Kier alpha value is -0.170. The Kier molecular flexibility index (Phi) is 16.9. The van der Waals surface area contributed by atoms with E-state index < -0.39 is 5.97 Å². The van der Waals surface area contributed by atoms with E-state index in [1.807, 2.05) is 0 Å². The summed E-state index contributed by atoms with van der Waals surface area (Å²) in [7, 11) is 3.58. The van der Waals surface area contributed by atoms with Crippen LogP contribution in [0.5, 0.6) is 0 Å². The number of aliphatic carboxylic acids is 1. The summed E-state index contributed by atoms with van der Waals surface area (Å²) in [5.74, 6) is 1.08. The van der Waals surface area contributed by atoms with Crippen LogP contribution in [0.25, 0.3) is 0 Å². The molecule has 0 rings (SSSR count). The van der Waals surface area contributed by atoms with Crippen molar-refractivity contribution in [2.75, 3.05) is 24.6 Å². The fraction of sp³-hybridized carbons (Fsp3) is 0.571. The number of carboxylic acids is 1. The summed E-state index contributed by atoms with van der Waals surface area (Å²) in [4.78, 5) is 9.25. The molecule has 0 aliphatic heterocycles. The van der Waals surface area contributed by atoms with Gasteiger partial charge in [0.05, 0.1) is 0 Å². The van der Waals surface area contributed by atoms with Crippen LogP contribution >= 0.6 is 21.6 Å². The molecule has 0 aromatic rings. The minimum atomic E-state index is -0.981. The highest BCUT2D eigenvalue weighted by atomic mass is 33.1. The third-order valence-electron chi connectivity index (χ3n) is 0.660. The maximum absolute atomic E-state index is 9.25. The van der Waals surface area contributed by atoms with Crippen LogP contribution in [0.4, 0.5) is 0 Å². The average molecular weight is 224 g/mol. The summed E-state index contributed by atoms with van der Waals surface area (Å²) in [5.41, 5.74) is 10.5. The molecular weight excluding hydrogens is 208 g/mol. The summed E-state index contributed by atoms with van der Waals surface area (Å²) < 4.78 is 0. The van der Waals surface area contributed by atoms with Crippen LogP contribution in [0, 0.1) is 0 Å². The first kappa shape index (κ1) is 15.3. The summed E-state index contributed by atoms with van der Waals surface area (Å²) in [6.45, 7) is 4.49. The van der Waals surface area contributed by atoms with Crippen molar-refractivity contribution in [1.82, 2.24) is 0 Å². The number of carbonyl (C=O) groups is 1. The van der Waals surface area contributed by atoms with Gasteiger partial charge in [0.15, 0.2) is 0 Å². The van der Waals surface area contributed by atoms with Crippen LogP contribution in [0.15, 0.2) is 12.7 Å². The van der Waals surface area contributed by atoms with Crippen molar-refractivity contribution in [1.29, 1.82) is 0 Å². The molecule has 0 spiro atoms. The van der Waals surface area contributed by atoms with E-state index in [1.54, 1.807) is 21.6 Å². The van der Waals surface area contributed by atoms with E-state index in [4.69, 9.17) is 16.6 Å². The second-order valence-electron chi connectivity index (χ2n) is 1.76. The lowest BCUT2D eigenvalue weighted by molar-refractivity contribution is -0.131. The minimum absolute atomic E-state index is 0.766. The SMILES string of the molecule is C=CC(=O)O.NCCSSCCN. The second kappa shape index (κ2) is 14.4. The van der Waals surface area contributed by atoms with E-state index in [9.17, 15) is 4.79 Å². The molecule has 0 saturated heterocycles. The van der Waals surface area contributed by atoms with Gasteiger partial charge in [-0.05, 0) is 0 Å². The van der Waals surface area contributed by atoms with Crippen LogP contribution in [0.1, 0.15) is 0 Å². The van der Waals surface area contributed by atoms with Gasteiger partial charge in [0, 0.05) is 30.7 Å². The largest absolute Gasteiger partial charge is 0.478 e. The van der Waals surface area contributed by atoms with E-state index in [0.29, 0.717) is 0 Å². The summed E-state index contributed by atoms with van der Waals surface area (Å²) in [6, 6.07) is 0. The van der Waals surface area contributed by atoms with Crippen molar-refractivity contribution < 1.29 is 9.90 Å². The third kappa shape index (κ3) is 24.5. The highest BCUT2D eigenvalue weighted by Crippen LogP contribution is 2.18. The maximum atomic E-state index is 9.25. The number of hydrogen-bond acceptors (Lipinski definition) is 5. The van der Waals surface area contributed by atoms with E-state index >= 15 is 0 Å². The molecule has 13 heavy (non-hydrogen) atoms. The standard InChI is InChI=1S/C4H12N2S2.C3H4O2/c5-1-3-7-8-4-2-6;1-2-3(4)5/h1-6H2;2H,1H2,(H,4,5). The molecule has 5 N–H and O–H groups in total. The molecule has 0 atom stereocenters. The molecular formula is C7H16N2O2S2. The molecule has 0 heterocycles. The fourth-order valence-electron chi connectivity index (χ4n) is 0.214. The van der Waals surface area contributed by atoms with Crippen LogP contribution in [-0.2, 0) is 4.79 Å². The zero-order valence-electron chi connectivity index (χ0n) is 7.44. The van der Waals surface area contributed by atoms with Crippen molar-refractivity contribution in [3.05, 3.63) is 12.7 Å². The summed E-state index contributed by atoms with van der Waals surface area (Å²) in [5, 5.41) is 7.60. The molecule has 0 aromatic carbocycles. The van der Waals surface area contributed by atoms with Crippen LogP contribution in [0.3, 0.4) is 0 Å². The quantitative estimate of drug-likeness (QED) is 0.347. The van der Waals surface area contributed by atoms with Crippen LogP contribution in [-0.4, -0.2) is 35.7 Å². The molecule has 0 bridgehead atoms. The van der Waals surface area contributed by atoms with Gasteiger partial charge in [0.2, 0.25) is 0 Å². The van der Waals surface area contributed by atoms with E-state index in [1.165, 1.54) is 0 Å². The van der Waals surface area contributed by atoms with Crippen molar-refractivity contribution in [3.8, 4) is 0 Å². The monoisotopic (exact) mass is 224 g/mol. The molecule has 6 heteroatoms. The van der Waals surface area contributed by atoms with Gasteiger partial charge in [-0.25, -0.2) is 4.79 Å². The van der Waals surface area contributed by atoms with Crippen molar-refractivity contribution in [3.63, 3.8) is 0 Å². The Balaban J connectivity index is 0. The molecule has 0 fully saturated rings. The molecule has 0 amide bonds. The topological polar surface area (TPSA) is 89.3 Å². The maximum Gasteiger partial charge on any atom is 0.327 e. The lowest BCUT2D eigenvalue weighted by Gasteiger charge is -1.93. The molecule has 0 aliphatic carbocycles. The Morgan fingerprint density at radius 2 is 1.62 bits per heavy atom. The molecule has 78 valence electrons. The third-order valence-corrected chi connectivity index (χ3v) is 3.13. The smallest absolute Gasteiger partial charge is 0.327 e. The fourth-order valence-corrected chi connectivity index (χ4v) is 1.93. The summed E-state index contributed by atoms with van der Waals surface area (Å²) in [6.07, 6.45) is 0.833. The molecule has 0 aromatic heterocycles. The average Bonchev–Trinajstić information content (AvgIpc) is 2.14. The Morgan fingerprint density at radius 1 is 1.31 bits per heavy atom. The van der Waals surface area contributed by atoms with Gasteiger partial charge in [-0.1, -0.05) is 28.2 Å². The molecule has 0 saturated carbocycles. The zero-order chi connectivity index (χ0) is 10.5. The summed E-state index contributed by atoms with van der Waals surface area (Å²) >= 11 is 0. The number of hydrogen-bond donors (Lipinski definition) is 3. The van der Waals surface area contributed by atoms with E-state index in [-0.39, 0.29) is 0 Å². The van der Waals surface area contributed by atoms with Crippen LogP contribution in [0.2, 0.25) is 0 Å². The first-order valence-electron chi connectivity index (χ1n) is 3.69. The van der Waals surface area contributed by atoms with Gasteiger partial charge in [0.1, 0.15) is 0 Å². The Labute approximate surface area is 86.5 Å². The van der Waals surface area contributed by atoms with Gasteiger partial charge >= 0.3 is 5.97 Å². The van der Waals surface area contributed by atoms with Gasteiger partial charge < -0.3 is 16.6 Å². The van der Waals surface area contributed by atoms with E-state index in [2.05, 4.69) is 6.58 Å². The van der Waals surface area contributed by atoms with Crippen molar-refractivity contribution >= 4 is 27.6 Å². The molecule has 0 unspecified atom stereocenters. The molecule has 0 aliphatic rings. The predicted molar refractivity (Wildman–Crippen MR) is 60.9 cm³/mol. The highest BCUT2D eigenvalue weighted by Gasteiger charge is 1.84. The van der Waals surface area contributed by atoms with E-state index in [0.717, 1.165) is 30.7 Å². The second-order valence-corrected chi connectivity index (χ2v) is 4.47. The first-order valence-corrected chi connectivity index (χ1v) is 6.17. The van der Waals surface area contributed by atoms with Crippen LogP contribution < -0.4 is 11.5 Å². The number of nitrogens with two attached hydrogens (primary N) is 2. The van der Waals surface area contributed by atoms with Crippen molar-refractivity contribution in [2.45, 2.75) is 0 Å². The van der Waals surface area contributed by atoms with Gasteiger partial charge in [-0.2, -0.15) is 0 Å². The zero-order valence-corrected chi connectivity index (χ0v) is 9.07. The predicted octanol–water partition coefficient (Wildman–Crippen LogP) is 0.542. The highest BCUT2D eigenvalue weighted by molar-refractivity contribution is 8.76. The lowest BCUT2D eigenvalue weighted by Crippen LogP contribution is -2.02. The molecule has 4 nitrogen and oxygen atoms in total. The first-order chi connectivity index (χ1) is 6.18. The van der Waals surface area contributed by atoms with Gasteiger partial charge in [-0.15, -0.1) is 0 Å². The lowest BCUT2D eigenvalue weighted by atomic mass is 10.7. The minimum Gasteiger partial charge on any atom is -0.478 e. The number of rotatable bonds is 6. The Morgan fingerprint density at radius 3 is 1.77 bits per heavy atom. The van der Waals surface area contributed by atoms with Gasteiger partial charge in [-0.3, -0.25) is 0 Å². The normalized spacial score (nSPS) is 8.46. The Bertz CT molecular complexity index is 128. The van der Waals surface area contributed by atoms with Gasteiger partial charge in [0.25, 0.3) is 0 Å². The molecule has 0 radical (unpaired) electrons. The number of carboxylic acid groups (broad SMARTS) is 1.